The maximum Gasteiger partial charge on any atom is 0.307 e. The molecule has 162 valence electrons. The molecule has 0 aliphatic rings. The highest BCUT2D eigenvalue weighted by Crippen LogP contribution is 2.21. The van der Waals surface area contributed by atoms with Crippen molar-refractivity contribution in [2.45, 2.75) is 20.5 Å². The second kappa shape index (κ2) is 9.26. The fourth-order valence-electron chi connectivity index (χ4n) is 3.28. The van der Waals surface area contributed by atoms with Crippen LogP contribution in [-0.2, 0) is 6.61 Å². The van der Waals surface area contributed by atoms with Crippen molar-refractivity contribution in [3.8, 4) is 17.2 Å². The van der Waals surface area contributed by atoms with Crippen LogP contribution in [0.1, 0.15) is 33.3 Å². The minimum atomic E-state index is -0.465. The number of carbonyl (C=O) groups excluding carboxylic acids is 1. The van der Waals surface area contributed by atoms with Gasteiger partial charge in [-0.25, -0.2) is 5.43 Å². The second-order valence-corrected chi connectivity index (χ2v) is 7.29. The van der Waals surface area contributed by atoms with E-state index in [1.807, 2.05) is 24.3 Å². The van der Waals surface area contributed by atoms with Crippen LogP contribution in [0.25, 0.3) is 5.69 Å². The van der Waals surface area contributed by atoms with Crippen LogP contribution in [-0.4, -0.2) is 21.8 Å². The Morgan fingerprint density at radius 2 is 1.69 bits per heavy atom. The monoisotopic (exact) mass is 429 g/mol. The van der Waals surface area contributed by atoms with E-state index in [0.29, 0.717) is 11.5 Å². The van der Waals surface area contributed by atoms with Crippen molar-refractivity contribution in [2.24, 2.45) is 5.10 Å². The number of phenolic OH excluding ortho intramolecular Hbond substituents is 1. The highest BCUT2D eigenvalue weighted by atomic mass is 16.5. The van der Waals surface area contributed by atoms with E-state index in [-0.39, 0.29) is 18.1 Å². The van der Waals surface area contributed by atoms with Gasteiger partial charge in [-0.2, -0.15) is 5.10 Å². The largest absolute Gasteiger partial charge is 0.508 e. The van der Waals surface area contributed by atoms with Gasteiger partial charge in [0.1, 0.15) is 23.9 Å². The average molecular weight is 429 g/mol. The maximum atomic E-state index is 12.2. The summed E-state index contributed by atoms with van der Waals surface area (Å²) in [6, 6.07) is 21.7. The summed E-state index contributed by atoms with van der Waals surface area (Å²) in [6.45, 7) is 4.34. The van der Waals surface area contributed by atoms with Crippen molar-refractivity contribution in [3.05, 3.63) is 101 Å². The number of nitrogens with zero attached hydrogens (tertiary/aromatic N) is 2. The van der Waals surface area contributed by atoms with Gasteiger partial charge in [-0.05, 0) is 92.2 Å². The zero-order valence-corrected chi connectivity index (χ0v) is 17.8. The first-order valence-electron chi connectivity index (χ1n) is 10.1. The number of carbonyl (C=O) groups is 1. The predicted molar refractivity (Wildman–Crippen MR) is 121 cm³/mol. The number of phenols is 1. The van der Waals surface area contributed by atoms with Gasteiger partial charge in [-0.3, -0.25) is 4.79 Å². The minimum Gasteiger partial charge on any atom is -0.508 e. The number of hydrazone groups is 1. The van der Waals surface area contributed by atoms with Crippen molar-refractivity contribution >= 4 is 12.1 Å². The van der Waals surface area contributed by atoms with E-state index in [1.165, 1.54) is 29.7 Å². The molecular formula is C25H23N3O4. The number of furan rings is 1. The molecule has 0 unspecified atom stereocenters. The molecule has 0 spiro atoms. The third-order valence-corrected chi connectivity index (χ3v) is 4.91. The number of hydrogen-bond donors (Lipinski definition) is 2. The van der Waals surface area contributed by atoms with Gasteiger partial charge in [0.2, 0.25) is 0 Å². The van der Waals surface area contributed by atoms with Crippen molar-refractivity contribution in [1.29, 1.82) is 0 Å². The molecule has 0 bridgehead atoms. The van der Waals surface area contributed by atoms with Crippen molar-refractivity contribution in [3.63, 3.8) is 0 Å². The number of aromatic hydroxyl groups is 1. The van der Waals surface area contributed by atoms with Crippen LogP contribution in [0.4, 0.5) is 0 Å². The van der Waals surface area contributed by atoms with Crippen LogP contribution < -0.4 is 10.2 Å². The van der Waals surface area contributed by atoms with Gasteiger partial charge in [0.25, 0.3) is 0 Å². The molecule has 0 saturated carbocycles. The van der Waals surface area contributed by atoms with Crippen molar-refractivity contribution in [2.75, 3.05) is 0 Å². The summed E-state index contributed by atoms with van der Waals surface area (Å²) in [5.74, 6) is 1.07. The van der Waals surface area contributed by atoms with Gasteiger partial charge >= 0.3 is 5.91 Å². The number of hydrogen-bond acceptors (Lipinski definition) is 5. The lowest BCUT2D eigenvalue weighted by molar-refractivity contribution is 0.0923. The first-order valence-corrected chi connectivity index (χ1v) is 10.1. The smallest absolute Gasteiger partial charge is 0.307 e. The van der Waals surface area contributed by atoms with Gasteiger partial charge in [-0.1, -0.05) is 0 Å². The molecule has 2 heterocycles. The Morgan fingerprint density at radius 3 is 2.38 bits per heavy atom. The molecule has 0 saturated heterocycles. The Bertz CT molecular complexity index is 1220. The Morgan fingerprint density at radius 1 is 1.00 bits per heavy atom. The van der Waals surface area contributed by atoms with Crippen molar-refractivity contribution < 1.29 is 19.1 Å². The Kier molecular flexibility index (Phi) is 6.07. The fraction of sp³-hybridized carbons (Fsp3) is 0.120. The number of ether oxygens (including phenoxy) is 1. The molecule has 7 heteroatoms. The molecular weight excluding hydrogens is 406 g/mol. The molecule has 1 amide bonds. The topological polar surface area (TPSA) is 89.0 Å². The summed E-state index contributed by atoms with van der Waals surface area (Å²) in [7, 11) is 0. The van der Waals surface area contributed by atoms with Gasteiger partial charge in [0, 0.05) is 17.1 Å². The van der Waals surface area contributed by atoms with Crippen molar-refractivity contribution in [1.82, 2.24) is 9.99 Å². The van der Waals surface area contributed by atoms with Crippen LogP contribution in [0, 0.1) is 13.8 Å². The number of aromatic nitrogens is 1. The van der Waals surface area contributed by atoms with Crippen LogP contribution in [0.5, 0.6) is 11.5 Å². The zero-order valence-electron chi connectivity index (χ0n) is 17.8. The molecule has 2 aromatic carbocycles. The van der Waals surface area contributed by atoms with Crippen LogP contribution in [0.3, 0.4) is 0 Å². The summed E-state index contributed by atoms with van der Waals surface area (Å²) in [5, 5.41) is 13.2. The van der Waals surface area contributed by atoms with E-state index in [0.717, 1.165) is 11.3 Å². The van der Waals surface area contributed by atoms with E-state index in [9.17, 15) is 9.90 Å². The summed E-state index contributed by atoms with van der Waals surface area (Å²) >= 11 is 0. The zero-order chi connectivity index (χ0) is 22.5. The summed E-state index contributed by atoms with van der Waals surface area (Å²) in [6.07, 6.45) is 1.48. The van der Waals surface area contributed by atoms with Gasteiger partial charge in [0.15, 0.2) is 5.76 Å². The number of aryl methyl sites for hydroxylation is 2. The standard InChI is InChI=1S/C25H23N3O4/c1-17-3-4-18(2)28(17)20-7-11-22(12-8-20)31-16-23-13-14-24(32-23)25(30)27-26-15-19-5-9-21(29)10-6-19/h3-15,29H,16H2,1-2H3,(H,27,30)/b26-15+. The highest BCUT2D eigenvalue weighted by Gasteiger charge is 2.11. The second-order valence-electron chi connectivity index (χ2n) is 7.29. The molecule has 0 aliphatic carbocycles. The van der Waals surface area contributed by atoms with Gasteiger partial charge in [0.05, 0.1) is 6.21 Å². The lowest BCUT2D eigenvalue weighted by Crippen LogP contribution is -2.16. The number of rotatable bonds is 7. The lowest BCUT2D eigenvalue weighted by atomic mass is 10.2. The Balaban J connectivity index is 1.31. The predicted octanol–water partition coefficient (Wildman–Crippen LogP) is 4.74. The van der Waals surface area contributed by atoms with E-state index in [1.54, 1.807) is 24.3 Å². The third kappa shape index (κ3) is 4.89. The number of nitrogens with one attached hydrogen (secondary N) is 1. The van der Waals surface area contributed by atoms with E-state index >= 15 is 0 Å². The molecule has 0 fully saturated rings. The normalized spacial score (nSPS) is 11.1. The summed E-state index contributed by atoms with van der Waals surface area (Å²) in [5.41, 5.74) is 6.56. The van der Waals surface area contributed by atoms with Gasteiger partial charge < -0.3 is 18.8 Å². The van der Waals surface area contributed by atoms with E-state index in [2.05, 4.69) is 41.1 Å². The Hall–Kier alpha value is -4.26. The Labute approximate surface area is 185 Å². The molecule has 0 atom stereocenters. The number of amides is 1. The molecule has 2 aromatic heterocycles. The molecule has 4 rings (SSSR count). The first kappa shape index (κ1) is 21.0. The van der Waals surface area contributed by atoms with E-state index < -0.39 is 5.91 Å². The molecule has 7 nitrogen and oxygen atoms in total. The fourth-order valence-corrected chi connectivity index (χ4v) is 3.28. The van der Waals surface area contributed by atoms with Crippen LogP contribution >= 0.6 is 0 Å². The summed E-state index contributed by atoms with van der Waals surface area (Å²) < 4.78 is 13.5. The third-order valence-electron chi connectivity index (χ3n) is 4.91. The number of benzene rings is 2. The van der Waals surface area contributed by atoms with Crippen LogP contribution in [0.15, 0.2) is 82.3 Å². The molecule has 0 aliphatic heterocycles. The first-order chi connectivity index (χ1) is 15.5. The highest BCUT2D eigenvalue weighted by molar-refractivity contribution is 5.92. The van der Waals surface area contributed by atoms with E-state index in [4.69, 9.17) is 9.15 Å². The summed E-state index contributed by atoms with van der Waals surface area (Å²) in [4.78, 5) is 12.2. The molecule has 0 radical (unpaired) electrons. The maximum absolute atomic E-state index is 12.2. The lowest BCUT2D eigenvalue weighted by Gasteiger charge is -2.10. The quantitative estimate of drug-likeness (QED) is 0.328. The van der Waals surface area contributed by atoms with Gasteiger partial charge in [-0.15, -0.1) is 0 Å². The average Bonchev–Trinajstić information content (AvgIpc) is 3.40. The molecule has 2 N–H and O–H groups in total. The molecule has 4 aromatic rings. The molecule has 32 heavy (non-hydrogen) atoms. The SMILES string of the molecule is Cc1ccc(C)n1-c1ccc(OCc2ccc(C(=O)N/N=C/c3ccc(O)cc3)o2)cc1. The minimum absolute atomic E-state index is 0.139. The van der Waals surface area contributed by atoms with Crippen LogP contribution in [0.2, 0.25) is 0 Å².